The highest BCUT2D eigenvalue weighted by Crippen LogP contribution is 2.11. The average molecular weight is 341 g/mol. The van der Waals surface area contributed by atoms with Crippen LogP contribution in [0.25, 0.3) is 0 Å². The Morgan fingerprint density at radius 1 is 1.42 bits per heavy atom. The standard InChI is InChI=1S/C17H28FN3O3/c1-5-6-8-12(20-16(23)24-17(2,3)4)13(22)11-19-15-10-7-9-14(18)21-15/h7,9-10,12-13,22H,5-6,8,11H2,1-4H3,(H,19,21)(H,20,23)/t12-,13+/m0/s1. The fourth-order valence-electron chi connectivity index (χ4n) is 2.10. The molecule has 1 amide bonds. The molecule has 0 spiro atoms. The van der Waals surface area contributed by atoms with Crippen LogP contribution >= 0.6 is 0 Å². The van der Waals surface area contributed by atoms with Crippen molar-refractivity contribution in [2.75, 3.05) is 11.9 Å². The number of nitrogens with one attached hydrogen (secondary N) is 2. The molecule has 0 aliphatic rings. The second kappa shape index (κ2) is 9.42. The third-order valence-electron chi connectivity index (χ3n) is 3.24. The number of aromatic nitrogens is 1. The highest BCUT2D eigenvalue weighted by Gasteiger charge is 2.24. The molecule has 3 N–H and O–H groups in total. The maximum absolute atomic E-state index is 13.1. The molecule has 0 unspecified atom stereocenters. The van der Waals surface area contributed by atoms with Crippen molar-refractivity contribution in [1.82, 2.24) is 10.3 Å². The number of carbonyl (C=O) groups is 1. The van der Waals surface area contributed by atoms with E-state index in [0.717, 1.165) is 12.8 Å². The Labute approximate surface area is 142 Å². The average Bonchev–Trinajstić information content (AvgIpc) is 2.47. The predicted octanol–water partition coefficient (Wildman–Crippen LogP) is 3.08. The lowest BCUT2D eigenvalue weighted by Gasteiger charge is -2.27. The van der Waals surface area contributed by atoms with Crippen molar-refractivity contribution in [1.29, 1.82) is 0 Å². The molecule has 1 aromatic rings. The summed E-state index contributed by atoms with van der Waals surface area (Å²) in [6.07, 6.45) is 1.00. The summed E-state index contributed by atoms with van der Waals surface area (Å²) in [4.78, 5) is 15.6. The van der Waals surface area contributed by atoms with Gasteiger partial charge in [-0.25, -0.2) is 9.78 Å². The molecule has 6 nitrogen and oxygen atoms in total. The number of carbonyl (C=O) groups excluding carboxylic acids is 1. The number of aliphatic hydroxyl groups excluding tert-OH is 1. The van der Waals surface area contributed by atoms with Crippen LogP contribution in [0.5, 0.6) is 0 Å². The minimum atomic E-state index is -0.853. The number of hydrogen-bond acceptors (Lipinski definition) is 5. The SMILES string of the molecule is CCCC[C@H](NC(=O)OC(C)(C)C)[C@H](O)CNc1cccc(F)n1. The number of rotatable bonds is 8. The fraction of sp³-hybridized carbons (Fsp3) is 0.647. The molecule has 136 valence electrons. The first-order valence-electron chi connectivity index (χ1n) is 8.25. The van der Waals surface area contributed by atoms with Crippen molar-refractivity contribution in [2.45, 2.75) is 64.7 Å². The Morgan fingerprint density at radius 2 is 2.12 bits per heavy atom. The summed E-state index contributed by atoms with van der Waals surface area (Å²) in [5.41, 5.74) is -0.603. The van der Waals surface area contributed by atoms with Crippen LogP contribution < -0.4 is 10.6 Å². The largest absolute Gasteiger partial charge is 0.444 e. The minimum Gasteiger partial charge on any atom is -0.444 e. The zero-order valence-electron chi connectivity index (χ0n) is 14.8. The molecule has 7 heteroatoms. The third-order valence-corrected chi connectivity index (χ3v) is 3.24. The molecule has 0 aliphatic heterocycles. The Bertz CT molecular complexity index is 520. The van der Waals surface area contributed by atoms with E-state index in [1.54, 1.807) is 26.8 Å². The third kappa shape index (κ3) is 8.10. The molecule has 0 aliphatic carbocycles. The van der Waals surface area contributed by atoms with Crippen molar-refractivity contribution in [2.24, 2.45) is 0 Å². The lowest BCUT2D eigenvalue weighted by Crippen LogP contribution is -2.47. The molecule has 2 atom stereocenters. The number of alkyl carbamates (subject to hydrolysis) is 1. The normalized spacial score (nSPS) is 13.9. The predicted molar refractivity (Wildman–Crippen MR) is 91.4 cm³/mol. The first-order valence-corrected chi connectivity index (χ1v) is 8.25. The summed E-state index contributed by atoms with van der Waals surface area (Å²) in [7, 11) is 0. The number of nitrogens with zero attached hydrogens (tertiary/aromatic N) is 1. The van der Waals surface area contributed by atoms with Crippen molar-refractivity contribution in [3.8, 4) is 0 Å². The van der Waals surface area contributed by atoms with Crippen molar-refractivity contribution in [3.63, 3.8) is 0 Å². The molecule has 24 heavy (non-hydrogen) atoms. The highest BCUT2D eigenvalue weighted by molar-refractivity contribution is 5.68. The monoisotopic (exact) mass is 341 g/mol. The maximum atomic E-state index is 13.1. The van der Waals surface area contributed by atoms with Gasteiger partial charge in [-0.3, -0.25) is 0 Å². The molecule has 0 bridgehead atoms. The molecular formula is C17H28FN3O3. The van der Waals surface area contributed by atoms with Gasteiger partial charge in [0.2, 0.25) is 5.95 Å². The molecule has 1 aromatic heterocycles. The van der Waals surface area contributed by atoms with Gasteiger partial charge >= 0.3 is 6.09 Å². The minimum absolute atomic E-state index is 0.140. The van der Waals surface area contributed by atoms with Gasteiger partial charge in [0.15, 0.2) is 0 Å². The summed E-state index contributed by atoms with van der Waals surface area (Å²) in [5.74, 6) is -0.260. The number of unbranched alkanes of at least 4 members (excludes halogenated alkanes) is 1. The zero-order chi connectivity index (χ0) is 18.2. The second-order valence-corrected chi connectivity index (χ2v) is 6.69. The summed E-state index contributed by atoms with van der Waals surface area (Å²) >= 11 is 0. The number of aliphatic hydroxyl groups is 1. The molecule has 0 radical (unpaired) electrons. The summed E-state index contributed by atoms with van der Waals surface area (Å²) in [6, 6.07) is 3.93. The van der Waals surface area contributed by atoms with E-state index < -0.39 is 29.8 Å². The topological polar surface area (TPSA) is 83.5 Å². The second-order valence-electron chi connectivity index (χ2n) is 6.69. The van der Waals surface area contributed by atoms with Crippen molar-refractivity contribution >= 4 is 11.9 Å². The van der Waals surface area contributed by atoms with Crippen LogP contribution in [0, 0.1) is 5.95 Å². The van der Waals surface area contributed by atoms with Crippen LogP contribution in [0.3, 0.4) is 0 Å². The molecule has 1 heterocycles. The van der Waals surface area contributed by atoms with E-state index in [0.29, 0.717) is 12.2 Å². The van der Waals surface area contributed by atoms with Crippen molar-refractivity contribution in [3.05, 3.63) is 24.1 Å². The van der Waals surface area contributed by atoms with E-state index in [2.05, 4.69) is 15.6 Å². The van der Waals surface area contributed by atoms with E-state index in [1.165, 1.54) is 12.1 Å². The molecule has 0 saturated heterocycles. The van der Waals surface area contributed by atoms with Crippen LogP contribution in [0.1, 0.15) is 47.0 Å². The van der Waals surface area contributed by atoms with Gasteiger partial charge in [0.25, 0.3) is 0 Å². The van der Waals surface area contributed by atoms with Gasteiger partial charge < -0.3 is 20.5 Å². The Balaban J connectivity index is 2.60. The summed E-state index contributed by atoms with van der Waals surface area (Å²) < 4.78 is 18.3. The Kier molecular flexibility index (Phi) is 7.91. The van der Waals surface area contributed by atoms with Crippen LogP contribution in [0.15, 0.2) is 18.2 Å². The number of amides is 1. The highest BCUT2D eigenvalue weighted by atomic mass is 19.1. The van der Waals surface area contributed by atoms with Crippen LogP contribution in [-0.2, 0) is 4.74 Å². The van der Waals surface area contributed by atoms with E-state index >= 15 is 0 Å². The molecule has 0 fully saturated rings. The van der Waals surface area contributed by atoms with Gasteiger partial charge in [0.05, 0.1) is 12.1 Å². The van der Waals surface area contributed by atoms with E-state index in [9.17, 15) is 14.3 Å². The molecule has 0 saturated carbocycles. The number of pyridine rings is 1. The first kappa shape index (κ1) is 20.2. The summed E-state index contributed by atoms with van der Waals surface area (Å²) in [6.45, 7) is 7.51. The van der Waals surface area contributed by atoms with E-state index in [1.807, 2.05) is 6.92 Å². The van der Waals surface area contributed by atoms with Crippen LogP contribution in [0.2, 0.25) is 0 Å². The number of anilines is 1. The quantitative estimate of drug-likeness (QED) is 0.633. The first-order chi connectivity index (χ1) is 11.2. The van der Waals surface area contributed by atoms with Gasteiger partial charge in [0, 0.05) is 6.54 Å². The van der Waals surface area contributed by atoms with Crippen LogP contribution in [0.4, 0.5) is 15.0 Å². The number of halogens is 1. The van der Waals surface area contributed by atoms with E-state index in [-0.39, 0.29) is 6.54 Å². The molecule has 1 rings (SSSR count). The van der Waals surface area contributed by atoms with Crippen LogP contribution in [-0.4, -0.2) is 40.5 Å². The zero-order valence-corrected chi connectivity index (χ0v) is 14.8. The van der Waals surface area contributed by atoms with Gasteiger partial charge in [0.1, 0.15) is 11.4 Å². The Hall–Kier alpha value is -1.89. The van der Waals surface area contributed by atoms with E-state index in [4.69, 9.17) is 4.74 Å². The molecule has 0 aromatic carbocycles. The van der Waals surface area contributed by atoms with Gasteiger partial charge in [-0.2, -0.15) is 4.39 Å². The Morgan fingerprint density at radius 3 is 2.71 bits per heavy atom. The van der Waals surface area contributed by atoms with Gasteiger partial charge in [-0.1, -0.05) is 25.8 Å². The van der Waals surface area contributed by atoms with Gasteiger partial charge in [-0.15, -0.1) is 0 Å². The van der Waals surface area contributed by atoms with Crippen molar-refractivity contribution < 1.29 is 19.0 Å². The lowest BCUT2D eigenvalue weighted by molar-refractivity contribution is 0.0425. The summed E-state index contributed by atoms with van der Waals surface area (Å²) in [5, 5.41) is 15.9. The number of hydrogen-bond donors (Lipinski definition) is 3. The fourth-order valence-corrected chi connectivity index (χ4v) is 2.10. The smallest absolute Gasteiger partial charge is 0.407 e. The maximum Gasteiger partial charge on any atom is 0.407 e. The lowest BCUT2D eigenvalue weighted by atomic mass is 10.0. The van der Waals surface area contributed by atoms with Gasteiger partial charge in [-0.05, 0) is 39.3 Å². The number of ether oxygens (including phenoxy) is 1. The molecular weight excluding hydrogens is 313 g/mol.